The molecule has 0 saturated carbocycles. The Balaban J connectivity index is 3.39. The van der Waals surface area contributed by atoms with Gasteiger partial charge in [-0.2, -0.15) is 0 Å². The molecular weight excluding hydrogens is 590 g/mol. The van der Waals surface area contributed by atoms with Crippen LogP contribution >= 0.6 is 0 Å². The van der Waals surface area contributed by atoms with Crippen molar-refractivity contribution < 1.29 is 15.0 Å². The summed E-state index contributed by atoms with van der Waals surface area (Å²) in [5, 5.41) is 22.9. The molecule has 0 bridgehead atoms. The minimum Gasteiger partial charge on any atom is -0.394 e. The number of rotatable bonds is 39. The van der Waals surface area contributed by atoms with Crippen molar-refractivity contribution >= 4 is 5.91 Å². The fourth-order valence-corrected chi connectivity index (χ4v) is 6.63. The molecule has 284 valence electrons. The monoisotopic (exact) mass is 676 g/mol. The van der Waals surface area contributed by atoms with E-state index in [1.165, 1.54) is 173 Å². The zero-order valence-electron chi connectivity index (χ0n) is 32.5. The third-order valence-electron chi connectivity index (χ3n) is 9.97. The molecule has 1 amide bonds. The molecule has 0 radical (unpaired) electrons. The summed E-state index contributed by atoms with van der Waals surface area (Å²) in [5.41, 5.74) is 0. The molecule has 3 N–H and O–H groups in total. The van der Waals surface area contributed by atoms with Crippen LogP contribution in [0.2, 0.25) is 0 Å². The second kappa shape index (κ2) is 40.3. The Morgan fingerprint density at radius 2 is 0.854 bits per heavy atom. The van der Waals surface area contributed by atoms with Crippen LogP contribution in [0.15, 0.2) is 24.3 Å². The van der Waals surface area contributed by atoms with Gasteiger partial charge in [0.05, 0.1) is 18.8 Å². The summed E-state index contributed by atoms with van der Waals surface area (Å²) in [4.78, 5) is 12.3. The van der Waals surface area contributed by atoms with Crippen LogP contribution in [0.4, 0.5) is 0 Å². The Hall–Kier alpha value is -1.13. The molecule has 4 nitrogen and oxygen atoms in total. The zero-order chi connectivity index (χ0) is 35.0. The minimum atomic E-state index is -0.653. The van der Waals surface area contributed by atoms with Gasteiger partial charge in [-0.3, -0.25) is 4.79 Å². The van der Waals surface area contributed by atoms with Crippen molar-refractivity contribution in [2.24, 2.45) is 0 Å². The first-order valence-corrected chi connectivity index (χ1v) is 21.5. The van der Waals surface area contributed by atoms with Crippen LogP contribution in [0.1, 0.15) is 232 Å². The average Bonchev–Trinajstić information content (AvgIpc) is 3.09. The van der Waals surface area contributed by atoms with Crippen LogP contribution in [-0.4, -0.2) is 34.9 Å². The van der Waals surface area contributed by atoms with Gasteiger partial charge in [-0.15, -0.1) is 0 Å². The number of nitrogens with one attached hydrogen (secondary N) is 1. The molecule has 0 aromatic carbocycles. The number of allylic oxidation sites excluding steroid dienone is 4. The molecular formula is C44H85NO3. The lowest BCUT2D eigenvalue weighted by Crippen LogP contribution is -2.45. The van der Waals surface area contributed by atoms with Gasteiger partial charge in [0, 0.05) is 6.42 Å². The average molecular weight is 676 g/mol. The van der Waals surface area contributed by atoms with E-state index in [1.54, 1.807) is 0 Å². The largest absolute Gasteiger partial charge is 0.394 e. The summed E-state index contributed by atoms with van der Waals surface area (Å²) in [6.07, 6.45) is 51.4. The molecule has 0 saturated heterocycles. The predicted octanol–water partition coefficient (Wildman–Crippen LogP) is 13.2. The van der Waals surface area contributed by atoms with Gasteiger partial charge >= 0.3 is 0 Å². The number of aliphatic hydroxyl groups is 2. The van der Waals surface area contributed by atoms with Gasteiger partial charge in [-0.05, 0) is 44.9 Å². The van der Waals surface area contributed by atoms with Gasteiger partial charge in [0.25, 0.3) is 0 Å². The van der Waals surface area contributed by atoms with Crippen LogP contribution < -0.4 is 5.32 Å². The minimum absolute atomic E-state index is 0.0338. The highest BCUT2D eigenvalue weighted by molar-refractivity contribution is 5.76. The van der Waals surface area contributed by atoms with Crippen molar-refractivity contribution in [2.45, 2.75) is 244 Å². The topological polar surface area (TPSA) is 69.6 Å². The van der Waals surface area contributed by atoms with Gasteiger partial charge in [-0.25, -0.2) is 0 Å². The van der Waals surface area contributed by atoms with Crippen LogP contribution in [0.25, 0.3) is 0 Å². The fourth-order valence-electron chi connectivity index (χ4n) is 6.63. The van der Waals surface area contributed by atoms with Crippen molar-refractivity contribution in [2.75, 3.05) is 6.61 Å². The highest BCUT2D eigenvalue weighted by Crippen LogP contribution is 2.16. The zero-order valence-corrected chi connectivity index (χ0v) is 32.5. The van der Waals surface area contributed by atoms with E-state index in [9.17, 15) is 15.0 Å². The number of carbonyl (C=O) groups excluding carboxylic acids is 1. The van der Waals surface area contributed by atoms with E-state index in [4.69, 9.17) is 0 Å². The lowest BCUT2D eigenvalue weighted by atomic mass is 10.0. The Labute approximate surface area is 300 Å². The second-order valence-corrected chi connectivity index (χ2v) is 14.8. The van der Waals surface area contributed by atoms with Gasteiger partial charge in [0.1, 0.15) is 0 Å². The Kier molecular flexibility index (Phi) is 39.4. The van der Waals surface area contributed by atoms with E-state index < -0.39 is 12.1 Å². The molecule has 0 aliphatic rings. The smallest absolute Gasteiger partial charge is 0.220 e. The van der Waals surface area contributed by atoms with Crippen LogP contribution in [-0.2, 0) is 4.79 Å². The number of amides is 1. The van der Waals surface area contributed by atoms with Gasteiger partial charge in [0.15, 0.2) is 0 Å². The Morgan fingerprint density at radius 3 is 1.25 bits per heavy atom. The van der Waals surface area contributed by atoms with E-state index in [0.717, 1.165) is 32.1 Å². The first kappa shape index (κ1) is 46.9. The van der Waals surface area contributed by atoms with E-state index in [-0.39, 0.29) is 12.5 Å². The normalized spacial score (nSPS) is 13.2. The highest BCUT2D eigenvalue weighted by Gasteiger charge is 2.19. The van der Waals surface area contributed by atoms with Gasteiger partial charge < -0.3 is 15.5 Å². The highest BCUT2D eigenvalue weighted by atomic mass is 16.3. The maximum absolute atomic E-state index is 12.3. The molecule has 0 rings (SSSR count). The Bertz CT molecular complexity index is 691. The van der Waals surface area contributed by atoms with Gasteiger partial charge in [0.2, 0.25) is 5.91 Å². The first-order valence-electron chi connectivity index (χ1n) is 21.5. The maximum atomic E-state index is 12.3. The maximum Gasteiger partial charge on any atom is 0.220 e. The second-order valence-electron chi connectivity index (χ2n) is 14.8. The van der Waals surface area contributed by atoms with Crippen LogP contribution in [0.5, 0.6) is 0 Å². The summed E-state index contributed by atoms with van der Waals surface area (Å²) in [5.74, 6) is -0.0338. The number of hydrogen-bond donors (Lipinski definition) is 3. The lowest BCUT2D eigenvalue weighted by Gasteiger charge is -2.22. The molecule has 4 heteroatoms. The molecule has 0 spiro atoms. The molecule has 0 aliphatic carbocycles. The van der Waals surface area contributed by atoms with Crippen molar-refractivity contribution in [3.63, 3.8) is 0 Å². The predicted molar refractivity (Wildman–Crippen MR) is 212 cm³/mol. The van der Waals surface area contributed by atoms with E-state index >= 15 is 0 Å². The lowest BCUT2D eigenvalue weighted by molar-refractivity contribution is -0.123. The van der Waals surface area contributed by atoms with Crippen LogP contribution in [0.3, 0.4) is 0 Å². The molecule has 0 heterocycles. The summed E-state index contributed by atoms with van der Waals surface area (Å²) >= 11 is 0. The quantitative estimate of drug-likeness (QED) is 0.0448. The summed E-state index contributed by atoms with van der Waals surface area (Å²) in [7, 11) is 0. The van der Waals surface area contributed by atoms with Crippen molar-refractivity contribution in [3.8, 4) is 0 Å². The number of aliphatic hydroxyl groups excluding tert-OH is 2. The molecule has 0 fully saturated rings. The molecule has 0 aromatic rings. The number of unbranched alkanes of at least 4 members (excludes halogenated alkanes) is 28. The summed E-state index contributed by atoms with van der Waals surface area (Å²) in [6.45, 7) is 4.31. The summed E-state index contributed by atoms with van der Waals surface area (Å²) in [6, 6.07) is -0.530. The third-order valence-corrected chi connectivity index (χ3v) is 9.97. The number of hydrogen-bond acceptors (Lipinski definition) is 3. The Morgan fingerprint density at radius 1 is 0.500 bits per heavy atom. The molecule has 0 aromatic heterocycles. The van der Waals surface area contributed by atoms with E-state index in [2.05, 4.69) is 43.5 Å². The molecule has 2 atom stereocenters. The fraction of sp³-hybridized carbons (Fsp3) is 0.886. The van der Waals surface area contributed by atoms with Crippen molar-refractivity contribution in [1.29, 1.82) is 0 Å². The molecule has 48 heavy (non-hydrogen) atoms. The van der Waals surface area contributed by atoms with E-state index in [1.807, 2.05) is 0 Å². The van der Waals surface area contributed by atoms with Crippen molar-refractivity contribution in [3.05, 3.63) is 24.3 Å². The first-order chi connectivity index (χ1) is 23.7. The van der Waals surface area contributed by atoms with Gasteiger partial charge in [-0.1, -0.05) is 205 Å². The number of carbonyl (C=O) groups is 1. The summed E-state index contributed by atoms with van der Waals surface area (Å²) < 4.78 is 0. The molecule has 0 aliphatic heterocycles. The SMILES string of the molecule is CCCCCCC/C=C\C/C=C\CCCCCCCCCCCCCCCCCCCC(=O)NC(CO)C(O)CCCCCCCCC. The van der Waals surface area contributed by atoms with Crippen molar-refractivity contribution in [1.82, 2.24) is 5.32 Å². The molecule has 2 unspecified atom stereocenters. The van der Waals surface area contributed by atoms with Crippen LogP contribution in [0, 0.1) is 0 Å². The standard InChI is InChI=1S/C44H85NO3/c1-3-5-7-9-11-12-13-14-15-16-17-18-19-20-21-22-23-24-25-26-27-28-29-30-31-32-34-36-38-40-44(48)45-42(41-46)43(47)39-37-35-33-10-8-6-4-2/h13-14,16-17,42-43,46-47H,3-12,15,18-41H2,1-2H3,(H,45,48)/b14-13-,17-16-. The van der Waals surface area contributed by atoms with E-state index in [0.29, 0.717) is 12.8 Å². The third kappa shape index (κ3) is 36.2.